The summed E-state index contributed by atoms with van der Waals surface area (Å²) >= 11 is 0. The zero-order valence-electron chi connectivity index (χ0n) is 11.6. The third-order valence-electron chi connectivity index (χ3n) is 4.37. The normalized spacial score (nSPS) is 28.0. The van der Waals surface area contributed by atoms with Crippen molar-refractivity contribution < 1.29 is 0 Å². The van der Waals surface area contributed by atoms with Crippen LogP contribution in [0.4, 0.5) is 0 Å². The molecule has 2 N–H and O–H groups in total. The van der Waals surface area contributed by atoms with E-state index in [9.17, 15) is 0 Å². The fourth-order valence-corrected chi connectivity index (χ4v) is 3.23. The van der Waals surface area contributed by atoms with Crippen molar-refractivity contribution in [3.63, 3.8) is 0 Å². The average Bonchev–Trinajstić information content (AvgIpc) is 3.09. The zero-order chi connectivity index (χ0) is 12.9. The summed E-state index contributed by atoms with van der Waals surface area (Å²) in [5.74, 6) is 0.837. The second-order valence-corrected chi connectivity index (χ2v) is 5.97. The molecule has 3 rings (SSSR count). The lowest BCUT2D eigenvalue weighted by Crippen LogP contribution is -2.35. The molecule has 3 nitrogen and oxygen atoms in total. The molecule has 104 valence electrons. The summed E-state index contributed by atoms with van der Waals surface area (Å²) in [6.07, 6.45) is 2.64. The number of nitrogens with one attached hydrogen (secondary N) is 2. The van der Waals surface area contributed by atoms with Gasteiger partial charge in [-0.05, 0) is 44.0 Å². The molecule has 0 radical (unpaired) electrons. The Balaban J connectivity index is 1.40. The van der Waals surface area contributed by atoms with Crippen molar-refractivity contribution in [3.05, 3.63) is 35.9 Å². The quantitative estimate of drug-likeness (QED) is 0.838. The molecular weight excluding hydrogens is 234 g/mol. The van der Waals surface area contributed by atoms with Crippen molar-refractivity contribution in [2.24, 2.45) is 5.92 Å². The maximum Gasteiger partial charge on any atom is 0.0233 e. The number of hydrogen-bond acceptors (Lipinski definition) is 3. The molecule has 2 heterocycles. The number of nitrogens with zero attached hydrogens (tertiary/aromatic N) is 1. The number of rotatable bonds is 5. The van der Waals surface area contributed by atoms with Gasteiger partial charge in [0.2, 0.25) is 0 Å². The second-order valence-electron chi connectivity index (χ2n) is 5.97. The molecule has 3 heteroatoms. The van der Waals surface area contributed by atoms with Gasteiger partial charge in [0.1, 0.15) is 0 Å². The van der Waals surface area contributed by atoms with E-state index in [4.69, 9.17) is 0 Å². The molecule has 2 fully saturated rings. The monoisotopic (exact) mass is 259 g/mol. The van der Waals surface area contributed by atoms with Gasteiger partial charge < -0.3 is 10.6 Å². The molecule has 0 saturated carbocycles. The van der Waals surface area contributed by atoms with E-state index in [0.717, 1.165) is 19.0 Å². The van der Waals surface area contributed by atoms with Crippen molar-refractivity contribution in [2.45, 2.75) is 25.4 Å². The first-order chi connectivity index (χ1) is 9.40. The van der Waals surface area contributed by atoms with Crippen LogP contribution in [0.2, 0.25) is 0 Å². The van der Waals surface area contributed by atoms with Crippen LogP contribution >= 0.6 is 0 Å². The Hall–Kier alpha value is -0.900. The van der Waals surface area contributed by atoms with Crippen LogP contribution in [-0.4, -0.2) is 43.7 Å². The number of hydrogen-bond donors (Lipinski definition) is 2. The maximum absolute atomic E-state index is 3.72. The highest BCUT2D eigenvalue weighted by atomic mass is 15.2. The Morgan fingerprint density at radius 1 is 1.21 bits per heavy atom. The molecule has 2 aliphatic heterocycles. The first-order valence-corrected chi connectivity index (χ1v) is 7.60. The highest BCUT2D eigenvalue weighted by molar-refractivity contribution is 5.14. The fourth-order valence-electron chi connectivity index (χ4n) is 3.23. The maximum atomic E-state index is 3.72. The molecule has 2 atom stereocenters. The van der Waals surface area contributed by atoms with Crippen molar-refractivity contribution in [3.8, 4) is 0 Å². The van der Waals surface area contributed by atoms with E-state index in [1.165, 1.54) is 44.6 Å². The Labute approximate surface area is 116 Å². The lowest BCUT2D eigenvalue weighted by molar-refractivity contribution is 0.312. The van der Waals surface area contributed by atoms with E-state index in [1.807, 2.05) is 0 Å². The number of benzene rings is 1. The van der Waals surface area contributed by atoms with E-state index < -0.39 is 0 Å². The van der Waals surface area contributed by atoms with Gasteiger partial charge in [-0.15, -0.1) is 0 Å². The van der Waals surface area contributed by atoms with Gasteiger partial charge in [0.15, 0.2) is 0 Å². The van der Waals surface area contributed by atoms with Gasteiger partial charge in [0, 0.05) is 25.7 Å². The molecule has 1 aromatic carbocycles. The van der Waals surface area contributed by atoms with E-state index in [-0.39, 0.29) is 0 Å². The van der Waals surface area contributed by atoms with Crippen LogP contribution in [0.3, 0.4) is 0 Å². The summed E-state index contributed by atoms with van der Waals surface area (Å²) in [5, 5.41) is 7.14. The largest absolute Gasteiger partial charge is 0.315 e. The number of likely N-dealkylation sites (tertiary alicyclic amines) is 1. The zero-order valence-corrected chi connectivity index (χ0v) is 11.6. The Morgan fingerprint density at radius 2 is 2.11 bits per heavy atom. The van der Waals surface area contributed by atoms with E-state index in [2.05, 4.69) is 45.9 Å². The van der Waals surface area contributed by atoms with Crippen molar-refractivity contribution in [1.29, 1.82) is 0 Å². The van der Waals surface area contributed by atoms with Crippen LogP contribution in [-0.2, 0) is 6.54 Å². The van der Waals surface area contributed by atoms with E-state index in [1.54, 1.807) is 0 Å². The van der Waals surface area contributed by atoms with Crippen LogP contribution < -0.4 is 10.6 Å². The molecular formula is C16H25N3. The topological polar surface area (TPSA) is 27.3 Å². The first kappa shape index (κ1) is 13.1. The van der Waals surface area contributed by atoms with Crippen LogP contribution in [0.25, 0.3) is 0 Å². The van der Waals surface area contributed by atoms with Gasteiger partial charge in [-0.25, -0.2) is 0 Å². The molecule has 1 aromatic rings. The minimum absolute atomic E-state index is 0.711. The Bertz CT molecular complexity index is 373. The summed E-state index contributed by atoms with van der Waals surface area (Å²) in [5.41, 5.74) is 1.44. The molecule has 0 aliphatic carbocycles. The molecule has 2 saturated heterocycles. The summed E-state index contributed by atoms with van der Waals surface area (Å²) < 4.78 is 0. The van der Waals surface area contributed by atoms with Crippen LogP contribution in [0.15, 0.2) is 30.3 Å². The predicted molar refractivity (Wildman–Crippen MR) is 79.1 cm³/mol. The smallest absolute Gasteiger partial charge is 0.0233 e. The third kappa shape index (κ3) is 3.78. The van der Waals surface area contributed by atoms with Crippen LogP contribution in [0, 0.1) is 5.92 Å². The fraction of sp³-hybridized carbons (Fsp3) is 0.625. The van der Waals surface area contributed by atoms with Crippen molar-refractivity contribution in [2.75, 3.05) is 32.7 Å². The van der Waals surface area contributed by atoms with E-state index in [0.29, 0.717) is 6.04 Å². The van der Waals surface area contributed by atoms with Gasteiger partial charge in [-0.1, -0.05) is 30.3 Å². The van der Waals surface area contributed by atoms with Gasteiger partial charge in [-0.2, -0.15) is 0 Å². The van der Waals surface area contributed by atoms with Gasteiger partial charge in [-0.3, -0.25) is 4.90 Å². The van der Waals surface area contributed by atoms with Gasteiger partial charge in [0.25, 0.3) is 0 Å². The standard InChI is InChI=1S/C16H25N3/c1-2-4-14(5-3-1)12-19-9-7-15(13-19)10-18-16-6-8-17-11-16/h1-5,15-18H,6-13H2. The van der Waals surface area contributed by atoms with Crippen molar-refractivity contribution in [1.82, 2.24) is 15.5 Å². The lowest BCUT2D eigenvalue weighted by Gasteiger charge is -2.18. The highest BCUT2D eigenvalue weighted by Gasteiger charge is 2.23. The molecule has 0 amide bonds. The van der Waals surface area contributed by atoms with Crippen LogP contribution in [0.5, 0.6) is 0 Å². The van der Waals surface area contributed by atoms with Gasteiger partial charge >= 0.3 is 0 Å². The molecule has 19 heavy (non-hydrogen) atoms. The Kier molecular flexibility index (Phi) is 4.49. The molecule has 0 spiro atoms. The highest BCUT2D eigenvalue weighted by Crippen LogP contribution is 2.18. The average molecular weight is 259 g/mol. The molecule has 2 aliphatic rings. The SMILES string of the molecule is c1ccc(CN2CCC(CNC3CCNC3)C2)cc1. The summed E-state index contributed by atoms with van der Waals surface area (Å²) in [7, 11) is 0. The summed E-state index contributed by atoms with van der Waals surface area (Å²) in [6, 6.07) is 11.5. The van der Waals surface area contributed by atoms with Crippen molar-refractivity contribution >= 4 is 0 Å². The predicted octanol–water partition coefficient (Wildman–Crippen LogP) is 1.46. The van der Waals surface area contributed by atoms with Crippen LogP contribution in [0.1, 0.15) is 18.4 Å². The first-order valence-electron chi connectivity index (χ1n) is 7.60. The lowest BCUT2D eigenvalue weighted by atomic mass is 10.1. The van der Waals surface area contributed by atoms with E-state index >= 15 is 0 Å². The van der Waals surface area contributed by atoms with Gasteiger partial charge in [0.05, 0.1) is 0 Å². The second kappa shape index (κ2) is 6.51. The third-order valence-corrected chi connectivity index (χ3v) is 4.37. The molecule has 0 bridgehead atoms. The molecule has 2 unspecified atom stereocenters. The summed E-state index contributed by atoms with van der Waals surface area (Å²) in [6.45, 7) is 7.15. The minimum Gasteiger partial charge on any atom is -0.315 e. The summed E-state index contributed by atoms with van der Waals surface area (Å²) in [4.78, 5) is 2.59. The molecule has 0 aromatic heterocycles. The minimum atomic E-state index is 0.711. The Morgan fingerprint density at radius 3 is 2.89 bits per heavy atom.